The highest BCUT2D eigenvalue weighted by molar-refractivity contribution is 6.21. The number of hydrogen-bond acceptors (Lipinski definition) is 4. The zero-order chi connectivity index (χ0) is 17.4. The molecule has 0 atom stereocenters. The summed E-state index contributed by atoms with van der Waals surface area (Å²) in [5.74, 6) is -0.150. The second kappa shape index (κ2) is 6.12. The highest BCUT2D eigenvalue weighted by Crippen LogP contribution is 2.31. The number of aromatic nitrogens is 1. The van der Waals surface area contributed by atoms with Crippen LogP contribution in [0.2, 0.25) is 0 Å². The topological polar surface area (TPSA) is 70.6 Å². The summed E-state index contributed by atoms with van der Waals surface area (Å²) in [4.78, 5) is 44.6. The Morgan fingerprint density at radius 3 is 2.24 bits per heavy atom. The number of anilines is 1. The number of amides is 3. The number of carbonyl (C=O) groups excluding carboxylic acids is 3. The second-order valence-corrected chi connectivity index (χ2v) is 6.24. The number of benzene rings is 1. The molecule has 0 spiro atoms. The number of carbonyl (C=O) groups is 3. The molecule has 126 valence electrons. The molecule has 4 rings (SSSR count). The van der Waals surface area contributed by atoms with Crippen molar-refractivity contribution in [3.05, 3.63) is 59.8 Å². The Bertz CT molecular complexity index is 811. The number of imide groups is 1. The van der Waals surface area contributed by atoms with Gasteiger partial charge in [-0.25, -0.2) is 4.98 Å². The fraction of sp³-hybridized carbons (Fsp3) is 0.263. The third kappa shape index (κ3) is 2.80. The smallest absolute Gasteiger partial charge is 0.261 e. The molecule has 0 N–H and O–H groups in total. The standard InChI is InChI=1S/C19H17N3O3/c23-17(22(13-8-9-13)16-7-3-4-11-20-16)10-12-21-18(24)14-5-1-2-6-15(14)19(21)25/h1-7,11,13H,8-10,12H2. The Balaban J connectivity index is 1.47. The second-order valence-electron chi connectivity index (χ2n) is 6.24. The molecule has 6 heteroatoms. The van der Waals surface area contributed by atoms with Crippen LogP contribution in [0, 0.1) is 0 Å². The Kier molecular flexibility index (Phi) is 3.80. The molecule has 3 amide bonds. The van der Waals surface area contributed by atoms with Crippen LogP contribution in [0.4, 0.5) is 5.82 Å². The van der Waals surface area contributed by atoms with E-state index < -0.39 is 0 Å². The van der Waals surface area contributed by atoms with Crippen molar-refractivity contribution in [2.75, 3.05) is 11.4 Å². The highest BCUT2D eigenvalue weighted by atomic mass is 16.2. The van der Waals surface area contributed by atoms with Gasteiger partial charge >= 0.3 is 0 Å². The molecule has 1 aliphatic carbocycles. The molecule has 1 aromatic heterocycles. The quantitative estimate of drug-likeness (QED) is 0.786. The van der Waals surface area contributed by atoms with E-state index in [2.05, 4.69) is 4.98 Å². The molecule has 25 heavy (non-hydrogen) atoms. The van der Waals surface area contributed by atoms with Crippen LogP contribution in [0.5, 0.6) is 0 Å². The molecule has 2 aromatic rings. The first kappa shape index (κ1) is 15.5. The van der Waals surface area contributed by atoms with Gasteiger partial charge in [-0.05, 0) is 37.1 Å². The van der Waals surface area contributed by atoms with Crippen molar-refractivity contribution in [3.8, 4) is 0 Å². The van der Waals surface area contributed by atoms with E-state index in [0.717, 1.165) is 17.7 Å². The maximum absolute atomic E-state index is 12.7. The van der Waals surface area contributed by atoms with Gasteiger partial charge in [-0.1, -0.05) is 18.2 Å². The van der Waals surface area contributed by atoms with E-state index in [-0.39, 0.29) is 36.7 Å². The molecular formula is C19H17N3O3. The van der Waals surface area contributed by atoms with E-state index in [1.807, 2.05) is 6.07 Å². The molecule has 1 fully saturated rings. The van der Waals surface area contributed by atoms with Crippen LogP contribution in [0.1, 0.15) is 40.0 Å². The molecular weight excluding hydrogens is 318 g/mol. The summed E-state index contributed by atoms with van der Waals surface area (Å²) in [7, 11) is 0. The van der Waals surface area contributed by atoms with Gasteiger partial charge in [-0.3, -0.25) is 24.2 Å². The van der Waals surface area contributed by atoms with Gasteiger partial charge in [0.1, 0.15) is 5.82 Å². The minimum Gasteiger partial charge on any atom is -0.294 e. The first-order chi connectivity index (χ1) is 12.2. The molecule has 2 heterocycles. The molecule has 1 saturated carbocycles. The Morgan fingerprint density at radius 1 is 1.04 bits per heavy atom. The summed E-state index contributed by atoms with van der Waals surface area (Å²) in [6.45, 7) is 0.0846. The highest BCUT2D eigenvalue weighted by Gasteiger charge is 2.37. The Morgan fingerprint density at radius 2 is 1.68 bits per heavy atom. The van der Waals surface area contributed by atoms with Gasteiger partial charge in [-0.15, -0.1) is 0 Å². The van der Waals surface area contributed by atoms with E-state index in [4.69, 9.17) is 0 Å². The summed E-state index contributed by atoms with van der Waals surface area (Å²) in [6.07, 6.45) is 3.66. The van der Waals surface area contributed by atoms with Crippen molar-refractivity contribution in [1.82, 2.24) is 9.88 Å². The lowest BCUT2D eigenvalue weighted by Crippen LogP contribution is -2.38. The fourth-order valence-corrected chi connectivity index (χ4v) is 3.12. The summed E-state index contributed by atoms with van der Waals surface area (Å²) in [5, 5.41) is 0. The van der Waals surface area contributed by atoms with Crippen molar-refractivity contribution in [3.63, 3.8) is 0 Å². The summed E-state index contributed by atoms with van der Waals surface area (Å²) < 4.78 is 0. The molecule has 0 radical (unpaired) electrons. The van der Waals surface area contributed by atoms with E-state index >= 15 is 0 Å². The average Bonchev–Trinajstić information content (AvgIpc) is 3.44. The van der Waals surface area contributed by atoms with Crippen molar-refractivity contribution >= 4 is 23.5 Å². The maximum Gasteiger partial charge on any atom is 0.261 e. The molecule has 1 aliphatic heterocycles. The minimum absolute atomic E-state index is 0.0846. The lowest BCUT2D eigenvalue weighted by atomic mass is 10.1. The van der Waals surface area contributed by atoms with Crippen LogP contribution in [0.25, 0.3) is 0 Å². The summed E-state index contributed by atoms with van der Waals surface area (Å²) in [5.41, 5.74) is 0.812. The third-order valence-corrected chi connectivity index (χ3v) is 4.50. The lowest BCUT2D eigenvalue weighted by Gasteiger charge is -2.22. The number of fused-ring (bicyclic) bond motifs is 1. The van der Waals surface area contributed by atoms with E-state index in [1.54, 1.807) is 47.5 Å². The van der Waals surface area contributed by atoms with E-state index in [0.29, 0.717) is 16.9 Å². The molecule has 0 saturated heterocycles. The zero-order valence-corrected chi connectivity index (χ0v) is 13.6. The van der Waals surface area contributed by atoms with Crippen LogP contribution < -0.4 is 4.90 Å². The first-order valence-electron chi connectivity index (χ1n) is 8.35. The van der Waals surface area contributed by atoms with Crippen molar-refractivity contribution in [2.24, 2.45) is 0 Å². The van der Waals surface area contributed by atoms with Crippen LogP contribution in [0.3, 0.4) is 0 Å². The Labute approximate surface area is 145 Å². The largest absolute Gasteiger partial charge is 0.294 e. The maximum atomic E-state index is 12.7. The third-order valence-electron chi connectivity index (χ3n) is 4.50. The van der Waals surface area contributed by atoms with Gasteiger partial charge in [0.15, 0.2) is 0 Å². The monoisotopic (exact) mass is 335 g/mol. The Hall–Kier alpha value is -3.02. The average molecular weight is 335 g/mol. The van der Waals surface area contributed by atoms with Gasteiger partial charge in [0, 0.05) is 25.2 Å². The van der Waals surface area contributed by atoms with E-state index in [1.165, 1.54) is 0 Å². The van der Waals surface area contributed by atoms with Crippen molar-refractivity contribution < 1.29 is 14.4 Å². The zero-order valence-electron chi connectivity index (χ0n) is 13.6. The van der Waals surface area contributed by atoms with Gasteiger partial charge in [0.25, 0.3) is 11.8 Å². The number of pyridine rings is 1. The van der Waals surface area contributed by atoms with Crippen LogP contribution in [0.15, 0.2) is 48.7 Å². The minimum atomic E-state index is -0.329. The fourth-order valence-electron chi connectivity index (χ4n) is 3.12. The van der Waals surface area contributed by atoms with Gasteiger partial charge in [-0.2, -0.15) is 0 Å². The predicted octanol–water partition coefficient (Wildman–Crippen LogP) is 2.26. The van der Waals surface area contributed by atoms with Crippen molar-refractivity contribution in [2.45, 2.75) is 25.3 Å². The number of nitrogens with zero attached hydrogens (tertiary/aromatic N) is 3. The predicted molar refractivity (Wildman–Crippen MR) is 91.2 cm³/mol. The summed E-state index contributed by atoms with van der Waals surface area (Å²) in [6, 6.07) is 12.4. The lowest BCUT2D eigenvalue weighted by molar-refractivity contribution is -0.118. The van der Waals surface area contributed by atoms with Gasteiger partial charge in [0.2, 0.25) is 5.91 Å². The number of rotatable bonds is 5. The number of hydrogen-bond donors (Lipinski definition) is 0. The van der Waals surface area contributed by atoms with Crippen LogP contribution in [-0.4, -0.2) is 40.2 Å². The molecule has 2 aliphatic rings. The molecule has 6 nitrogen and oxygen atoms in total. The molecule has 1 aromatic carbocycles. The first-order valence-corrected chi connectivity index (χ1v) is 8.35. The van der Waals surface area contributed by atoms with E-state index in [9.17, 15) is 14.4 Å². The van der Waals surface area contributed by atoms with Gasteiger partial charge in [0.05, 0.1) is 11.1 Å². The summed E-state index contributed by atoms with van der Waals surface area (Å²) >= 11 is 0. The van der Waals surface area contributed by atoms with Crippen LogP contribution in [-0.2, 0) is 4.79 Å². The van der Waals surface area contributed by atoms with Crippen molar-refractivity contribution in [1.29, 1.82) is 0 Å². The van der Waals surface area contributed by atoms with Crippen LogP contribution >= 0.6 is 0 Å². The molecule has 0 bridgehead atoms. The normalized spacial score (nSPS) is 16.1. The van der Waals surface area contributed by atoms with Gasteiger partial charge < -0.3 is 0 Å². The molecule has 0 unspecified atom stereocenters. The SMILES string of the molecule is O=C1c2ccccc2C(=O)N1CCC(=O)N(c1ccccn1)C1CC1.